The van der Waals surface area contributed by atoms with Gasteiger partial charge in [-0.25, -0.2) is 0 Å². The number of rotatable bonds is 1. The van der Waals surface area contributed by atoms with Crippen LogP contribution in [0.25, 0.3) is 0 Å². The minimum Gasteiger partial charge on any atom is -0.300 e. The van der Waals surface area contributed by atoms with E-state index in [9.17, 15) is 9.59 Å². The summed E-state index contributed by atoms with van der Waals surface area (Å²) >= 11 is 0. The van der Waals surface area contributed by atoms with Crippen LogP contribution in [-0.2, 0) is 9.59 Å². The van der Waals surface area contributed by atoms with E-state index in [1.54, 1.807) is 6.92 Å². The Bertz CT molecular complexity index is 228. The highest BCUT2D eigenvalue weighted by Crippen LogP contribution is 2.15. The van der Waals surface area contributed by atoms with Crippen LogP contribution in [0.5, 0.6) is 0 Å². The summed E-state index contributed by atoms with van der Waals surface area (Å²) in [6.45, 7) is 1.56. The van der Waals surface area contributed by atoms with Gasteiger partial charge in [0.15, 0.2) is 0 Å². The SMILES string of the molecule is CC(=O)C1C=CCCCCC(=O)C1. The molecule has 1 aliphatic rings. The quantitative estimate of drug-likeness (QED) is 0.580. The number of hydrogen-bond donors (Lipinski definition) is 0. The van der Waals surface area contributed by atoms with Gasteiger partial charge in [0.05, 0.1) is 0 Å². The molecule has 0 saturated heterocycles. The molecule has 13 heavy (non-hydrogen) atoms. The molecule has 0 aromatic carbocycles. The first-order valence-electron chi connectivity index (χ1n) is 4.89. The van der Waals surface area contributed by atoms with Gasteiger partial charge in [-0.2, -0.15) is 0 Å². The van der Waals surface area contributed by atoms with Crippen molar-refractivity contribution in [3.63, 3.8) is 0 Å². The van der Waals surface area contributed by atoms with Crippen LogP contribution in [0.15, 0.2) is 12.2 Å². The molecule has 0 aliphatic heterocycles. The van der Waals surface area contributed by atoms with Crippen LogP contribution in [0.3, 0.4) is 0 Å². The van der Waals surface area contributed by atoms with Crippen LogP contribution in [0.4, 0.5) is 0 Å². The summed E-state index contributed by atoms with van der Waals surface area (Å²) in [7, 11) is 0. The van der Waals surface area contributed by atoms with Gasteiger partial charge in [0.1, 0.15) is 11.6 Å². The van der Waals surface area contributed by atoms with Gasteiger partial charge < -0.3 is 0 Å². The molecule has 0 saturated carbocycles. The molecule has 0 aromatic heterocycles. The van der Waals surface area contributed by atoms with E-state index in [1.165, 1.54) is 0 Å². The van der Waals surface area contributed by atoms with Crippen molar-refractivity contribution in [2.24, 2.45) is 5.92 Å². The fourth-order valence-corrected chi connectivity index (χ4v) is 1.54. The van der Waals surface area contributed by atoms with E-state index in [1.807, 2.05) is 12.2 Å². The highest BCUT2D eigenvalue weighted by molar-refractivity contribution is 5.87. The number of carbonyl (C=O) groups excluding carboxylic acids is 2. The van der Waals surface area contributed by atoms with Gasteiger partial charge in [0, 0.05) is 18.8 Å². The normalized spacial score (nSPS) is 24.7. The number of allylic oxidation sites excluding steroid dienone is 2. The molecule has 2 heteroatoms. The van der Waals surface area contributed by atoms with Gasteiger partial charge in [-0.3, -0.25) is 9.59 Å². The molecule has 1 atom stereocenters. The van der Waals surface area contributed by atoms with Crippen molar-refractivity contribution in [3.8, 4) is 0 Å². The molecule has 1 rings (SSSR count). The van der Waals surface area contributed by atoms with Crippen molar-refractivity contribution in [2.45, 2.75) is 39.0 Å². The van der Waals surface area contributed by atoms with Crippen molar-refractivity contribution in [2.75, 3.05) is 0 Å². The summed E-state index contributed by atoms with van der Waals surface area (Å²) in [5, 5.41) is 0. The minimum absolute atomic E-state index is 0.103. The Kier molecular flexibility index (Phi) is 3.87. The summed E-state index contributed by atoms with van der Waals surface area (Å²) in [4.78, 5) is 22.4. The van der Waals surface area contributed by atoms with E-state index in [2.05, 4.69) is 0 Å². The van der Waals surface area contributed by atoms with Crippen molar-refractivity contribution in [1.29, 1.82) is 0 Å². The number of ketones is 2. The first-order chi connectivity index (χ1) is 6.20. The Labute approximate surface area is 79.0 Å². The van der Waals surface area contributed by atoms with Gasteiger partial charge in [-0.05, 0) is 26.2 Å². The smallest absolute Gasteiger partial charge is 0.137 e. The molecule has 2 nitrogen and oxygen atoms in total. The maximum Gasteiger partial charge on any atom is 0.137 e. The zero-order valence-electron chi connectivity index (χ0n) is 8.08. The lowest BCUT2D eigenvalue weighted by atomic mass is 9.97. The third-order valence-corrected chi connectivity index (χ3v) is 2.41. The Morgan fingerprint density at radius 2 is 2.23 bits per heavy atom. The molecule has 72 valence electrons. The zero-order chi connectivity index (χ0) is 9.68. The zero-order valence-corrected chi connectivity index (χ0v) is 8.08. The second-order valence-corrected chi connectivity index (χ2v) is 3.63. The first-order valence-corrected chi connectivity index (χ1v) is 4.89. The molecule has 0 heterocycles. The molecule has 0 radical (unpaired) electrons. The molecular weight excluding hydrogens is 164 g/mol. The molecule has 0 spiro atoms. The Hall–Kier alpha value is -0.920. The largest absolute Gasteiger partial charge is 0.300 e. The van der Waals surface area contributed by atoms with Crippen LogP contribution in [-0.4, -0.2) is 11.6 Å². The molecule has 1 unspecified atom stereocenters. The van der Waals surface area contributed by atoms with Crippen molar-refractivity contribution >= 4 is 11.6 Å². The third kappa shape index (κ3) is 3.53. The summed E-state index contributed by atoms with van der Waals surface area (Å²) in [6.07, 6.45) is 8.01. The first kappa shape index (κ1) is 10.2. The van der Waals surface area contributed by atoms with Crippen molar-refractivity contribution < 1.29 is 9.59 Å². The van der Waals surface area contributed by atoms with Crippen LogP contribution in [0.2, 0.25) is 0 Å². The van der Waals surface area contributed by atoms with Gasteiger partial charge in [0.2, 0.25) is 0 Å². The fourth-order valence-electron chi connectivity index (χ4n) is 1.54. The third-order valence-electron chi connectivity index (χ3n) is 2.41. The molecule has 1 aliphatic carbocycles. The molecule has 0 amide bonds. The Morgan fingerprint density at radius 1 is 1.46 bits per heavy atom. The van der Waals surface area contributed by atoms with Crippen LogP contribution in [0.1, 0.15) is 39.0 Å². The molecular formula is C11H16O2. The van der Waals surface area contributed by atoms with E-state index in [-0.39, 0.29) is 17.5 Å². The van der Waals surface area contributed by atoms with E-state index < -0.39 is 0 Å². The highest BCUT2D eigenvalue weighted by atomic mass is 16.1. The van der Waals surface area contributed by atoms with E-state index >= 15 is 0 Å². The van der Waals surface area contributed by atoms with E-state index in [0.717, 1.165) is 19.3 Å². The number of Topliss-reactive ketones (excluding diaryl/α,β-unsaturated/α-hetero) is 2. The summed E-state index contributed by atoms with van der Waals surface area (Å²) < 4.78 is 0. The minimum atomic E-state index is -0.161. The topological polar surface area (TPSA) is 34.1 Å². The molecule has 0 N–H and O–H groups in total. The predicted molar refractivity (Wildman–Crippen MR) is 51.4 cm³/mol. The number of carbonyl (C=O) groups is 2. The monoisotopic (exact) mass is 180 g/mol. The second-order valence-electron chi connectivity index (χ2n) is 3.63. The van der Waals surface area contributed by atoms with E-state index in [4.69, 9.17) is 0 Å². The standard InChI is InChI=1S/C11H16O2/c1-9(12)10-6-4-2-3-5-7-11(13)8-10/h4,6,10H,2-3,5,7-8H2,1H3. The summed E-state index contributed by atoms with van der Waals surface area (Å²) in [5.41, 5.74) is 0. The van der Waals surface area contributed by atoms with Gasteiger partial charge >= 0.3 is 0 Å². The van der Waals surface area contributed by atoms with Gasteiger partial charge in [-0.1, -0.05) is 12.2 Å². The molecule has 0 bridgehead atoms. The van der Waals surface area contributed by atoms with E-state index in [0.29, 0.717) is 12.8 Å². The predicted octanol–water partition coefficient (Wildman–Crippen LogP) is 2.28. The van der Waals surface area contributed by atoms with Crippen molar-refractivity contribution in [3.05, 3.63) is 12.2 Å². The lowest BCUT2D eigenvalue weighted by Crippen LogP contribution is -2.13. The summed E-state index contributed by atoms with van der Waals surface area (Å²) in [6, 6.07) is 0. The van der Waals surface area contributed by atoms with Gasteiger partial charge in [-0.15, -0.1) is 0 Å². The lowest BCUT2D eigenvalue weighted by molar-refractivity contribution is -0.125. The summed E-state index contributed by atoms with van der Waals surface area (Å²) in [5.74, 6) is 0.170. The molecule has 0 aromatic rings. The average molecular weight is 180 g/mol. The molecule has 0 fully saturated rings. The number of hydrogen-bond acceptors (Lipinski definition) is 2. The van der Waals surface area contributed by atoms with Crippen LogP contribution < -0.4 is 0 Å². The maximum absolute atomic E-state index is 11.3. The fraction of sp³-hybridized carbons (Fsp3) is 0.636. The Morgan fingerprint density at radius 3 is 2.92 bits per heavy atom. The van der Waals surface area contributed by atoms with Crippen LogP contribution in [0, 0.1) is 5.92 Å². The van der Waals surface area contributed by atoms with Crippen molar-refractivity contribution in [1.82, 2.24) is 0 Å². The maximum atomic E-state index is 11.3. The van der Waals surface area contributed by atoms with Gasteiger partial charge in [0.25, 0.3) is 0 Å². The Balaban J connectivity index is 2.63. The average Bonchev–Trinajstić information content (AvgIpc) is 2.16. The lowest BCUT2D eigenvalue weighted by Gasteiger charge is -2.05. The second kappa shape index (κ2) is 4.95. The highest BCUT2D eigenvalue weighted by Gasteiger charge is 2.15. The van der Waals surface area contributed by atoms with Crippen LogP contribution >= 0.6 is 0 Å².